The van der Waals surface area contributed by atoms with Gasteiger partial charge in [-0.2, -0.15) is 20.9 Å². The van der Waals surface area contributed by atoms with Crippen molar-refractivity contribution in [2.75, 3.05) is 6.26 Å². The van der Waals surface area contributed by atoms with Crippen LogP contribution in [-0.2, 0) is 10.0 Å². The number of sulfonamides is 1. The molecule has 0 bridgehead atoms. The molecule has 122 valence electrons. The molecule has 0 N–H and O–H groups in total. The zero-order chi connectivity index (χ0) is 16.7. The first-order chi connectivity index (χ1) is 11.5. The van der Waals surface area contributed by atoms with Crippen LogP contribution in [0.4, 0.5) is 0 Å². The number of rotatable bonds is 3. The highest BCUT2D eigenvalue weighted by Crippen LogP contribution is 2.35. The summed E-state index contributed by atoms with van der Waals surface area (Å²) in [5.41, 5.74) is 4.14. The van der Waals surface area contributed by atoms with Crippen LogP contribution in [0.15, 0.2) is 52.5 Å². The van der Waals surface area contributed by atoms with E-state index in [1.54, 1.807) is 23.7 Å². The molecule has 0 radical (unpaired) electrons. The van der Waals surface area contributed by atoms with Crippen molar-refractivity contribution in [1.29, 1.82) is 0 Å². The lowest BCUT2D eigenvalue weighted by Gasteiger charge is -2.21. The first kappa shape index (κ1) is 15.2. The molecule has 1 atom stereocenters. The Hall–Kier alpha value is -2.32. The van der Waals surface area contributed by atoms with Gasteiger partial charge in [0.05, 0.1) is 29.0 Å². The molecule has 3 heterocycles. The molecule has 1 aromatic carbocycles. The second-order valence-corrected chi connectivity index (χ2v) is 8.24. The minimum Gasteiger partial charge on any atom is -0.253 e. The number of hydrogen-bond donors (Lipinski definition) is 0. The van der Waals surface area contributed by atoms with Crippen molar-refractivity contribution in [3.8, 4) is 0 Å². The Labute approximate surface area is 143 Å². The third-order valence-corrected chi connectivity index (χ3v) is 5.64. The van der Waals surface area contributed by atoms with Gasteiger partial charge in [0.1, 0.15) is 0 Å². The molecular weight excluding hydrogens is 344 g/mol. The molecule has 0 aliphatic carbocycles. The highest BCUT2D eigenvalue weighted by atomic mass is 32.2. The van der Waals surface area contributed by atoms with E-state index in [9.17, 15) is 8.42 Å². The molecule has 0 amide bonds. The molecule has 4 rings (SSSR count). The molecule has 0 spiro atoms. The predicted octanol–water partition coefficient (Wildman–Crippen LogP) is 2.80. The minimum absolute atomic E-state index is 0.360. The van der Waals surface area contributed by atoms with Gasteiger partial charge in [-0.3, -0.25) is 9.97 Å². The molecule has 0 saturated carbocycles. The van der Waals surface area contributed by atoms with Crippen LogP contribution in [0.5, 0.6) is 0 Å². The fourth-order valence-corrected chi connectivity index (χ4v) is 4.40. The van der Waals surface area contributed by atoms with Crippen molar-refractivity contribution < 1.29 is 8.42 Å². The van der Waals surface area contributed by atoms with E-state index in [1.807, 2.05) is 35.0 Å². The lowest BCUT2D eigenvalue weighted by Crippen LogP contribution is -2.25. The molecule has 8 heteroatoms. The van der Waals surface area contributed by atoms with Gasteiger partial charge in [0.25, 0.3) is 0 Å². The summed E-state index contributed by atoms with van der Waals surface area (Å²) in [6, 6.07) is 7.24. The zero-order valence-corrected chi connectivity index (χ0v) is 14.5. The number of hydrazone groups is 1. The molecule has 0 fully saturated rings. The van der Waals surface area contributed by atoms with E-state index < -0.39 is 10.0 Å². The van der Waals surface area contributed by atoms with E-state index in [0.717, 1.165) is 27.9 Å². The maximum atomic E-state index is 12.2. The van der Waals surface area contributed by atoms with Crippen LogP contribution in [0.2, 0.25) is 0 Å². The SMILES string of the molecule is CS(=O)(=O)N1N=C(c2ccsc2)C[C@@H]1c1ccc2nccnc2c1. The van der Waals surface area contributed by atoms with Gasteiger partial charge in [-0.1, -0.05) is 6.07 Å². The van der Waals surface area contributed by atoms with Crippen molar-refractivity contribution in [2.45, 2.75) is 12.5 Å². The van der Waals surface area contributed by atoms with Crippen molar-refractivity contribution in [2.24, 2.45) is 5.10 Å². The van der Waals surface area contributed by atoms with Gasteiger partial charge in [-0.05, 0) is 34.5 Å². The Kier molecular flexibility index (Phi) is 3.58. The van der Waals surface area contributed by atoms with Crippen LogP contribution >= 0.6 is 11.3 Å². The quantitative estimate of drug-likeness (QED) is 0.721. The summed E-state index contributed by atoms with van der Waals surface area (Å²) in [6.07, 6.45) is 4.98. The van der Waals surface area contributed by atoms with Crippen molar-refractivity contribution in [1.82, 2.24) is 14.4 Å². The van der Waals surface area contributed by atoms with Crippen LogP contribution in [0, 0.1) is 0 Å². The Morgan fingerprint density at radius 2 is 1.96 bits per heavy atom. The largest absolute Gasteiger partial charge is 0.253 e. The average molecular weight is 358 g/mol. The van der Waals surface area contributed by atoms with E-state index in [4.69, 9.17) is 0 Å². The van der Waals surface area contributed by atoms with Crippen molar-refractivity contribution in [3.05, 3.63) is 58.5 Å². The number of hydrogen-bond acceptors (Lipinski definition) is 6. The van der Waals surface area contributed by atoms with Gasteiger partial charge in [-0.25, -0.2) is 8.42 Å². The second kappa shape index (κ2) is 5.64. The normalized spacial score (nSPS) is 18.1. The molecule has 2 aromatic heterocycles. The van der Waals surface area contributed by atoms with E-state index in [-0.39, 0.29) is 6.04 Å². The molecule has 1 aliphatic heterocycles. The Balaban J connectivity index is 1.78. The molecule has 1 aliphatic rings. The highest BCUT2D eigenvalue weighted by Gasteiger charge is 2.34. The average Bonchev–Trinajstić information content (AvgIpc) is 3.23. The predicted molar refractivity (Wildman–Crippen MR) is 94.4 cm³/mol. The lowest BCUT2D eigenvalue weighted by atomic mass is 10.00. The fraction of sp³-hybridized carbons (Fsp3) is 0.188. The summed E-state index contributed by atoms with van der Waals surface area (Å²) in [7, 11) is -3.46. The summed E-state index contributed by atoms with van der Waals surface area (Å²) in [5, 5.41) is 8.31. The molecule has 3 aromatic rings. The third kappa shape index (κ3) is 2.67. The minimum atomic E-state index is -3.46. The lowest BCUT2D eigenvalue weighted by molar-refractivity contribution is 0.375. The molecule has 24 heavy (non-hydrogen) atoms. The van der Waals surface area contributed by atoms with Crippen LogP contribution < -0.4 is 0 Å². The van der Waals surface area contributed by atoms with E-state index in [1.165, 1.54) is 10.7 Å². The first-order valence-corrected chi connectivity index (χ1v) is 10.1. The Bertz CT molecular complexity index is 1030. The van der Waals surface area contributed by atoms with Gasteiger partial charge in [-0.15, -0.1) is 0 Å². The summed E-state index contributed by atoms with van der Waals surface area (Å²) >= 11 is 1.57. The molecule has 0 unspecified atom stereocenters. The first-order valence-electron chi connectivity index (χ1n) is 7.32. The number of thiophene rings is 1. The summed E-state index contributed by atoms with van der Waals surface area (Å²) < 4.78 is 25.6. The van der Waals surface area contributed by atoms with E-state index in [0.29, 0.717) is 6.42 Å². The summed E-state index contributed by atoms with van der Waals surface area (Å²) in [4.78, 5) is 8.55. The van der Waals surface area contributed by atoms with E-state index in [2.05, 4.69) is 15.1 Å². The van der Waals surface area contributed by atoms with Gasteiger partial charge in [0.2, 0.25) is 10.0 Å². The van der Waals surface area contributed by atoms with Gasteiger partial charge in [0, 0.05) is 24.4 Å². The summed E-state index contributed by atoms with van der Waals surface area (Å²) in [6.45, 7) is 0. The number of benzene rings is 1. The highest BCUT2D eigenvalue weighted by molar-refractivity contribution is 7.88. The Morgan fingerprint density at radius 1 is 1.17 bits per heavy atom. The van der Waals surface area contributed by atoms with Crippen LogP contribution in [0.1, 0.15) is 23.6 Å². The number of nitrogens with zero attached hydrogens (tertiary/aromatic N) is 4. The fourth-order valence-electron chi connectivity index (χ4n) is 2.83. The zero-order valence-electron chi connectivity index (χ0n) is 12.8. The van der Waals surface area contributed by atoms with Crippen molar-refractivity contribution >= 4 is 38.1 Å². The number of aromatic nitrogens is 2. The van der Waals surface area contributed by atoms with E-state index >= 15 is 0 Å². The van der Waals surface area contributed by atoms with Crippen LogP contribution in [-0.4, -0.2) is 34.8 Å². The van der Waals surface area contributed by atoms with Crippen molar-refractivity contribution in [3.63, 3.8) is 0 Å². The topological polar surface area (TPSA) is 75.5 Å². The smallest absolute Gasteiger partial charge is 0.247 e. The van der Waals surface area contributed by atoms with Gasteiger partial charge in [0.15, 0.2) is 0 Å². The molecule has 6 nitrogen and oxygen atoms in total. The van der Waals surface area contributed by atoms with Crippen LogP contribution in [0.25, 0.3) is 11.0 Å². The Morgan fingerprint density at radius 3 is 2.67 bits per heavy atom. The van der Waals surface area contributed by atoms with Gasteiger partial charge < -0.3 is 0 Å². The van der Waals surface area contributed by atoms with Gasteiger partial charge >= 0.3 is 0 Å². The third-order valence-electron chi connectivity index (χ3n) is 3.94. The molecule has 0 saturated heterocycles. The number of fused-ring (bicyclic) bond motifs is 1. The summed E-state index contributed by atoms with van der Waals surface area (Å²) in [5.74, 6) is 0. The molecular formula is C16H14N4O2S2. The standard InChI is InChI=1S/C16H14N4O2S2/c1-24(21,22)20-16(9-14(19-20)12-4-7-23-10-12)11-2-3-13-15(8-11)18-6-5-17-13/h2-8,10,16H,9H2,1H3/t16-/m1/s1. The van der Waals surface area contributed by atoms with Crippen LogP contribution in [0.3, 0.4) is 0 Å². The maximum Gasteiger partial charge on any atom is 0.247 e. The maximum absolute atomic E-state index is 12.2. The second-order valence-electron chi connectivity index (χ2n) is 5.62. The monoisotopic (exact) mass is 358 g/mol.